The molecule has 0 bridgehead atoms. The summed E-state index contributed by atoms with van der Waals surface area (Å²) in [5, 5.41) is 3.16. The highest BCUT2D eigenvalue weighted by Gasteiger charge is 2.20. The second kappa shape index (κ2) is 8.35. The van der Waals surface area contributed by atoms with Gasteiger partial charge in [0.2, 0.25) is 0 Å². The van der Waals surface area contributed by atoms with Gasteiger partial charge in [0, 0.05) is 5.69 Å². The van der Waals surface area contributed by atoms with E-state index in [1.54, 1.807) is 26.0 Å². The number of hydrogen-bond acceptors (Lipinski definition) is 6. The molecule has 1 N–H and O–H groups in total. The van der Waals surface area contributed by atoms with Gasteiger partial charge in [-0.2, -0.15) is 0 Å². The van der Waals surface area contributed by atoms with Gasteiger partial charge in [-0.25, -0.2) is 4.98 Å². The summed E-state index contributed by atoms with van der Waals surface area (Å²) in [6.07, 6.45) is 1.80. The molecule has 8 heteroatoms. The van der Waals surface area contributed by atoms with Crippen LogP contribution in [0.4, 0.5) is 5.69 Å². The molecule has 0 aliphatic carbocycles. The number of thiophene rings is 1. The summed E-state index contributed by atoms with van der Waals surface area (Å²) in [6, 6.07) is 9.08. The maximum Gasteiger partial charge on any atom is 0.326 e. The van der Waals surface area contributed by atoms with Crippen LogP contribution in [0.1, 0.15) is 35.5 Å². The van der Waals surface area contributed by atoms with Gasteiger partial charge in [-0.15, -0.1) is 11.3 Å². The number of carbonyl (C=O) groups excluding carboxylic acids is 2. The highest BCUT2D eigenvalue weighted by molar-refractivity contribution is 7.20. The minimum absolute atomic E-state index is 0.212. The lowest BCUT2D eigenvalue weighted by Crippen LogP contribution is -2.27. The molecule has 0 aliphatic heterocycles. The number of nitrogens with zero attached hydrogens (tertiary/aromatic N) is 2. The van der Waals surface area contributed by atoms with Crippen LogP contribution in [0.3, 0.4) is 0 Å². The van der Waals surface area contributed by atoms with E-state index in [0.29, 0.717) is 32.8 Å². The largest absolute Gasteiger partial charge is 0.461 e. The van der Waals surface area contributed by atoms with E-state index in [1.165, 1.54) is 10.9 Å². The lowest BCUT2D eigenvalue weighted by molar-refractivity contribution is -0.149. The quantitative estimate of drug-likeness (QED) is 0.642. The van der Waals surface area contributed by atoms with Crippen LogP contribution >= 0.6 is 11.3 Å². The van der Waals surface area contributed by atoms with Gasteiger partial charge in [0.05, 0.1) is 22.7 Å². The molecule has 1 unspecified atom stereocenters. The lowest BCUT2D eigenvalue weighted by Gasteiger charge is -2.11. The summed E-state index contributed by atoms with van der Waals surface area (Å²) in [5.74, 6) is -0.790. The zero-order chi connectivity index (χ0) is 20.3. The van der Waals surface area contributed by atoms with Crippen LogP contribution in [0, 0.1) is 6.92 Å². The third kappa shape index (κ3) is 4.12. The molecule has 0 aliphatic rings. The fourth-order valence-corrected chi connectivity index (χ4v) is 3.72. The summed E-state index contributed by atoms with van der Waals surface area (Å²) in [6.45, 7) is 5.20. The molecular formula is C20H21N3O4S. The van der Waals surface area contributed by atoms with Gasteiger partial charge in [0.15, 0.2) is 0 Å². The third-order valence-corrected chi connectivity index (χ3v) is 5.56. The monoisotopic (exact) mass is 399 g/mol. The second-order valence-electron chi connectivity index (χ2n) is 6.44. The molecule has 0 saturated carbocycles. The van der Waals surface area contributed by atoms with Crippen molar-refractivity contribution in [2.75, 3.05) is 5.32 Å². The van der Waals surface area contributed by atoms with Gasteiger partial charge in [-0.05, 0) is 38.0 Å². The zero-order valence-electron chi connectivity index (χ0n) is 15.9. The summed E-state index contributed by atoms with van der Waals surface area (Å²) < 4.78 is 6.44. The van der Waals surface area contributed by atoms with Gasteiger partial charge < -0.3 is 10.1 Å². The molecule has 1 atom stereocenters. The van der Waals surface area contributed by atoms with Gasteiger partial charge in [0.1, 0.15) is 11.4 Å². The van der Waals surface area contributed by atoms with E-state index in [2.05, 4.69) is 10.3 Å². The first-order chi connectivity index (χ1) is 13.4. The number of rotatable bonds is 6. The van der Waals surface area contributed by atoms with Gasteiger partial charge in [0.25, 0.3) is 11.5 Å². The molecule has 2 heterocycles. The van der Waals surface area contributed by atoms with E-state index >= 15 is 0 Å². The van der Waals surface area contributed by atoms with Crippen LogP contribution in [0.15, 0.2) is 41.5 Å². The van der Waals surface area contributed by atoms with E-state index in [9.17, 15) is 14.4 Å². The number of para-hydroxylation sites is 1. The van der Waals surface area contributed by atoms with Crippen LogP contribution in [0.5, 0.6) is 0 Å². The molecule has 0 saturated heterocycles. The Bertz CT molecular complexity index is 1070. The predicted molar refractivity (Wildman–Crippen MR) is 109 cm³/mol. The average Bonchev–Trinajstić information content (AvgIpc) is 3.02. The minimum atomic E-state index is -0.493. The van der Waals surface area contributed by atoms with Crippen molar-refractivity contribution in [1.82, 2.24) is 9.55 Å². The Morgan fingerprint density at radius 3 is 2.68 bits per heavy atom. The van der Waals surface area contributed by atoms with Crippen molar-refractivity contribution in [3.8, 4) is 0 Å². The maximum atomic E-state index is 12.8. The summed E-state index contributed by atoms with van der Waals surface area (Å²) in [7, 11) is 0. The molecule has 28 heavy (non-hydrogen) atoms. The van der Waals surface area contributed by atoms with Crippen LogP contribution in [0.25, 0.3) is 10.2 Å². The first-order valence-corrected chi connectivity index (χ1v) is 9.76. The van der Waals surface area contributed by atoms with Crippen molar-refractivity contribution < 1.29 is 14.3 Å². The van der Waals surface area contributed by atoms with Crippen LogP contribution < -0.4 is 10.9 Å². The zero-order valence-corrected chi connectivity index (χ0v) is 16.7. The van der Waals surface area contributed by atoms with Gasteiger partial charge in [-0.3, -0.25) is 19.0 Å². The molecule has 146 valence electrons. The number of esters is 1. The van der Waals surface area contributed by atoms with Gasteiger partial charge >= 0.3 is 5.97 Å². The molecular weight excluding hydrogens is 378 g/mol. The number of amides is 1. The van der Waals surface area contributed by atoms with Crippen molar-refractivity contribution in [1.29, 1.82) is 0 Å². The second-order valence-corrected chi connectivity index (χ2v) is 7.44. The van der Waals surface area contributed by atoms with E-state index in [1.807, 2.05) is 25.1 Å². The Balaban J connectivity index is 1.89. The SMILES string of the molecule is CCC(C)OC(=O)Cn1cnc2sc(C(=O)Nc3ccccc3)c(C)c2c1=O. The molecule has 7 nitrogen and oxygen atoms in total. The lowest BCUT2D eigenvalue weighted by atomic mass is 10.2. The Hall–Kier alpha value is -3.00. The number of anilines is 1. The van der Waals surface area contributed by atoms with Crippen molar-refractivity contribution >= 4 is 39.1 Å². The number of ether oxygens (including phenoxy) is 1. The number of fused-ring (bicyclic) bond motifs is 1. The topological polar surface area (TPSA) is 90.3 Å². The molecule has 0 fully saturated rings. The molecule has 0 radical (unpaired) electrons. The third-order valence-electron chi connectivity index (χ3n) is 4.36. The van der Waals surface area contributed by atoms with Crippen molar-refractivity contribution in [2.45, 2.75) is 39.8 Å². The van der Waals surface area contributed by atoms with Gasteiger partial charge in [-0.1, -0.05) is 25.1 Å². The number of aryl methyl sites for hydroxylation is 1. The highest BCUT2D eigenvalue weighted by Crippen LogP contribution is 2.27. The Kier molecular flexibility index (Phi) is 5.89. The molecule has 3 aromatic rings. The summed E-state index contributed by atoms with van der Waals surface area (Å²) in [5.41, 5.74) is 0.858. The first-order valence-electron chi connectivity index (χ1n) is 8.95. The first kappa shape index (κ1) is 19.8. The van der Waals surface area contributed by atoms with Crippen LogP contribution in [0.2, 0.25) is 0 Å². The minimum Gasteiger partial charge on any atom is -0.461 e. The van der Waals surface area contributed by atoms with Crippen molar-refractivity contribution in [2.24, 2.45) is 0 Å². The van der Waals surface area contributed by atoms with E-state index in [-0.39, 0.29) is 24.1 Å². The molecule has 2 aromatic heterocycles. The van der Waals surface area contributed by atoms with E-state index in [0.717, 1.165) is 11.3 Å². The van der Waals surface area contributed by atoms with E-state index in [4.69, 9.17) is 4.74 Å². The number of benzene rings is 1. The number of hydrogen-bond donors (Lipinski definition) is 1. The fourth-order valence-electron chi connectivity index (χ4n) is 2.68. The molecule has 3 rings (SSSR count). The predicted octanol–water partition coefficient (Wildman–Crippen LogP) is 3.36. The number of nitrogens with one attached hydrogen (secondary N) is 1. The number of carbonyl (C=O) groups is 2. The summed E-state index contributed by atoms with van der Waals surface area (Å²) >= 11 is 1.15. The maximum absolute atomic E-state index is 12.8. The Morgan fingerprint density at radius 2 is 2.00 bits per heavy atom. The van der Waals surface area contributed by atoms with E-state index < -0.39 is 5.97 Å². The van der Waals surface area contributed by atoms with Crippen LogP contribution in [-0.2, 0) is 16.1 Å². The van der Waals surface area contributed by atoms with Crippen molar-refractivity contribution in [3.63, 3.8) is 0 Å². The molecule has 1 aromatic carbocycles. The average molecular weight is 399 g/mol. The number of aromatic nitrogens is 2. The normalized spacial score (nSPS) is 12.0. The smallest absolute Gasteiger partial charge is 0.326 e. The molecule has 1 amide bonds. The Morgan fingerprint density at radius 1 is 1.29 bits per heavy atom. The summed E-state index contributed by atoms with van der Waals surface area (Å²) in [4.78, 5) is 42.6. The highest BCUT2D eigenvalue weighted by atomic mass is 32.1. The Labute approximate surface area is 166 Å². The molecule has 0 spiro atoms. The van der Waals surface area contributed by atoms with Crippen LogP contribution in [-0.4, -0.2) is 27.5 Å². The standard InChI is InChI=1S/C20H21N3O4S/c1-4-12(2)27-15(24)10-23-11-21-19-16(20(23)26)13(3)17(28-19)18(25)22-14-8-6-5-7-9-14/h5-9,11-12H,4,10H2,1-3H3,(H,22,25). The fraction of sp³-hybridized carbons (Fsp3) is 0.300. The van der Waals surface area contributed by atoms with Crippen molar-refractivity contribution in [3.05, 3.63) is 57.5 Å².